The number of rotatable bonds is 4. The number of amides is 2. The molecule has 0 unspecified atom stereocenters. The second-order valence-corrected chi connectivity index (χ2v) is 7.33. The van der Waals surface area contributed by atoms with E-state index in [9.17, 15) is 23.2 Å². The summed E-state index contributed by atoms with van der Waals surface area (Å²) in [5.74, 6) is -3.96. The number of Topliss-reactive ketones (excluding diaryl/α,β-unsaturated/α-hetero) is 1. The number of ketones is 1. The van der Waals surface area contributed by atoms with Crippen LogP contribution in [0.2, 0.25) is 0 Å². The SMILES string of the molecule is CC(=O)N1/C(=C/c2cc(F)c(OCC(=O)N3CCOCC3)c(F)c2)C(=O)c2ccccc21. The van der Waals surface area contributed by atoms with Crippen molar-refractivity contribution in [3.63, 3.8) is 0 Å². The number of hydrogen-bond acceptors (Lipinski definition) is 5. The number of hydrogen-bond donors (Lipinski definition) is 0. The molecule has 0 atom stereocenters. The third-order valence-corrected chi connectivity index (χ3v) is 5.21. The molecule has 9 heteroatoms. The van der Waals surface area contributed by atoms with Crippen molar-refractivity contribution in [2.45, 2.75) is 6.92 Å². The minimum atomic E-state index is -1.02. The Morgan fingerprint density at radius 2 is 1.78 bits per heavy atom. The third kappa shape index (κ3) is 4.11. The summed E-state index contributed by atoms with van der Waals surface area (Å²) in [6.45, 7) is 2.37. The first kappa shape index (κ1) is 21.6. The van der Waals surface area contributed by atoms with Crippen LogP contribution in [-0.4, -0.2) is 55.4 Å². The molecule has 1 fully saturated rings. The summed E-state index contributed by atoms with van der Waals surface area (Å²) in [7, 11) is 0. The van der Waals surface area contributed by atoms with Crippen LogP contribution in [0.15, 0.2) is 42.1 Å². The predicted octanol–water partition coefficient (Wildman–Crippen LogP) is 2.79. The summed E-state index contributed by atoms with van der Waals surface area (Å²) < 4.78 is 39.4. The van der Waals surface area contributed by atoms with E-state index in [4.69, 9.17) is 9.47 Å². The molecular weight excluding hydrogens is 422 g/mol. The fourth-order valence-electron chi connectivity index (χ4n) is 3.70. The van der Waals surface area contributed by atoms with Gasteiger partial charge in [-0.2, -0.15) is 0 Å². The van der Waals surface area contributed by atoms with Crippen LogP contribution in [0.3, 0.4) is 0 Å². The van der Waals surface area contributed by atoms with Gasteiger partial charge in [0.2, 0.25) is 11.7 Å². The lowest BCUT2D eigenvalue weighted by molar-refractivity contribution is -0.137. The molecule has 0 aliphatic carbocycles. The Hall–Kier alpha value is -3.59. The number of anilines is 1. The van der Waals surface area contributed by atoms with Crippen molar-refractivity contribution in [2.75, 3.05) is 37.8 Å². The monoisotopic (exact) mass is 442 g/mol. The second-order valence-electron chi connectivity index (χ2n) is 7.33. The Kier molecular flexibility index (Phi) is 6.00. The minimum absolute atomic E-state index is 0.00587. The van der Waals surface area contributed by atoms with Gasteiger partial charge in [0.1, 0.15) is 0 Å². The molecule has 166 valence electrons. The number of carbonyl (C=O) groups excluding carboxylic acids is 3. The maximum absolute atomic E-state index is 14.6. The number of ether oxygens (including phenoxy) is 2. The Bertz CT molecular complexity index is 1100. The molecule has 2 aromatic rings. The van der Waals surface area contributed by atoms with Gasteiger partial charge in [0.15, 0.2) is 24.0 Å². The van der Waals surface area contributed by atoms with Crippen molar-refractivity contribution < 1.29 is 32.6 Å². The molecule has 0 N–H and O–H groups in total. The highest BCUT2D eigenvalue weighted by atomic mass is 19.1. The van der Waals surface area contributed by atoms with Gasteiger partial charge in [-0.15, -0.1) is 0 Å². The molecule has 0 radical (unpaired) electrons. The molecule has 2 aliphatic heterocycles. The van der Waals surface area contributed by atoms with Gasteiger partial charge in [0.05, 0.1) is 24.6 Å². The molecule has 0 aromatic heterocycles. The van der Waals surface area contributed by atoms with Crippen molar-refractivity contribution in [1.29, 1.82) is 0 Å². The van der Waals surface area contributed by atoms with E-state index in [0.717, 1.165) is 12.1 Å². The highest BCUT2D eigenvalue weighted by Gasteiger charge is 2.34. The molecule has 2 aliphatic rings. The summed E-state index contributed by atoms with van der Waals surface area (Å²) in [6, 6.07) is 8.53. The topological polar surface area (TPSA) is 76.2 Å². The predicted molar refractivity (Wildman–Crippen MR) is 111 cm³/mol. The fourth-order valence-corrected chi connectivity index (χ4v) is 3.70. The maximum atomic E-state index is 14.6. The molecule has 2 heterocycles. The van der Waals surface area contributed by atoms with E-state index in [1.54, 1.807) is 24.3 Å². The Balaban J connectivity index is 1.56. The summed E-state index contributed by atoms with van der Waals surface area (Å²) in [5, 5.41) is 0. The molecule has 1 saturated heterocycles. The first-order valence-corrected chi connectivity index (χ1v) is 10.0. The van der Waals surface area contributed by atoms with E-state index in [1.807, 2.05) is 0 Å². The van der Waals surface area contributed by atoms with Gasteiger partial charge < -0.3 is 14.4 Å². The van der Waals surface area contributed by atoms with Crippen LogP contribution in [0.5, 0.6) is 5.75 Å². The van der Waals surface area contributed by atoms with Gasteiger partial charge in [-0.3, -0.25) is 19.3 Å². The van der Waals surface area contributed by atoms with Crippen molar-refractivity contribution >= 4 is 29.4 Å². The summed E-state index contributed by atoms with van der Waals surface area (Å²) in [4.78, 5) is 39.8. The van der Waals surface area contributed by atoms with Crippen molar-refractivity contribution in [1.82, 2.24) is 4.90 Å². The van der Waals surface area contributed by atoms with Gasteiger partial charge in [0, 0.05) is 25.6 Å². The largest absolute Gasteiger partial charge is 0.478 e. The minimum Gasteiger partial charge on any atom is -0.478 e. The standard InChI is InChI=1S/C23H20F2N2O5/c1-14(28)27-19-5-3-2-4-16(19)22(30)20(27)12-15-10-17(24)23(18(25)11-15)32-13-21(29)26-6-8-31-9-7-26/h2-5,10-12H,6-9,13H2,1H3/b20-12+. The number of nitrogens with zero attached hydrogens (tertiary/aromatic N) is 2. The number of morpholine rings is 1. The lowest BCUT2D eigenvalue weighted by atomic mass is 10.1. The van der Waals surface area contributed by atoms with Crippen molar-refractivity contribution in [2.24, 2.45) is 0 Å². The highest BCUT2D eigenvalue weighted by Crippen LogP contribution is 2.36. The normalized spacial score (nSPS) is 17.0. The molecular formula is C23H20F2N2O5. The van der Waals surface area contributed by atoms with Gasteiger partial charge in [0.25, 0.3) is 5.91 Å². The number of carbonyl (C=O) groups is 3. The zero-order valence-corrected chi connectivity index (χ0v) is 17.3. The number of para-hydroxylation sites is 1. The third-order valence-electron chi connectivity index (χ3n) is 5.21. The average Bonchev–Trinajstić information content (AvgIpc) is 3.05. The molecule has 2 aromatic carbocycles. The summed E-state index contributed by atoms with van der Waals surface area (Å²) >= 11 is 0. The van der Waals surface area contributed by atoms with E-state index in [1.165, 1.54) is 22.8 Å². The van der Waals surface area contributed by atoms with Crippen molar-refractivity contribution in [3.05, 3.63) is 64.9 Å². The number of allylic oxidation sites excluding steroid dienone is 1. The maximum Gasteiger partial charge on any atom is 0.260 e. The smallest absolute Gasteiger partial charge is 0.260 e. The van der Waals surface area contributed by atoms with Crippen LogP contribution in [0, 0.1) is 11.6 Å². The van der Waals surface area contributed by atoms with Gasteiger partial charge >= 0.3 is 0 Å². The first-order chi connectivity index (χ1) is 15.4. The number of halogens is 2. The van der Waals surface area contributed by atoms with E-state index >= 15 is 0 Å². The van der Waals surface area contributed by atoms with Crippen LogP contribution in [0.25, 0.3) is 6.08 Å². The van der Waals surface area contributed by atoms with Crippen LogP contribution in [0.4, 0.5) is 14.5 Å². The molecule has 0 bridgehead atoms. The Morgan fingerprint density at radius 3 is 2.44 bits per heavy atom. The number of benzene rings is 2. The van der Waals surface area contributed by atoms with Gasteiger partial charge in [-0.1, -0.05) is 12.1 Å². The number of fused-ring (bicyclic) bond motifs is 1. The Labute approximate surface area is 182 Å². The lowest BCUT2D eigenvalue weighted by Gasteiger charge is -2.26. The highest BCUT2D eigenvalue weighted by molar-refractivity contribution is 6.26. The molecule has 0 spiro atoms. The quantitative estimate of drug-likeness (QED) is 0.681. The van der Waals surface area contributed by atoms with Crippen molar-refractivity contribution in [3.8, 4) is 5.75 Å². The summed E-state index contributed by atoms with van der Waals surface area (Å²) in [5.41, 5.74) is 0.776. The molecule has 2 amide bonds. The fraction of sp³-hybridized carbons (Fsp3) is 0.261. The molecule has 32 heavy (non-hydrogen) atoms. The average molecular weight is 442 g/mol. The van der Waals surface area contributed by atoms with E-state index in [0.29, 0.717) is 37.6 Å². The molecule has 0 saturated carbocycles. The Morgan fingerprint density at radius 1 is 1.12 bits per heavy atom. The van der Waals surface area contributed by atoms with Crippen LogP contribution >= 0.6 is 0 Å². The van der Waals surface area contributed by atoms with Crippen LogP contribution in [-0.2, 0) is 14.3 Å². The van der Waals surface area contributed by atoms with Crippen LogP contribution < -0.4 is 9.64 Å². The molecule has 7 nitrogen and oxygen atoms in total. The second kappa shape index (κ2) is 8.88. The van der Waals surface area contributed by atoms with E-state index in [2.05, 4.69) is 0 Å². The molecule has 4 rings (SSSR count). The van der Waals surface area contributed by atoms with E-state index in [-0.39, 0.29) is 11.3 Å². The zero-order chi connectivity index (χ0) is 22.8. The van der Waals surface area contributed by atoms with E-state index < -0.39 is 41.6 Å². The van der Waals surface area contributed by atoms with Gasteiger partial charge in [-0.25, -0.2) is 8.78 Å². The lowest BCUT2D eigenvalue weighted by Crippen LogP contribution is -2.43. The summed E-state index contributed by atoms with van der Waals surface area (Å²) in [6.07, 6.45) is 1.25. The zero-order valence-electron chi connectivity index (χ0n) is 17.3. The first-order valence-electron chi connectivity index (χ1n) is 10.0. The van der Waals surface area contributed by atoms with Crippen LogP contribution in [0.1, 0.15) is 22.8 Å². The van der Waals surface area contributed by atoms with Gasteiger partial charge in [-0.05, 0) is 35.9 Å².